The lowest BCUT2D eigenvalue weighted by atomic mass is 9.59. The summed E-state index contributed by atoms with van der Waals surface area (Å²) >= 11 is 0. The van der Waals surface area contributed by atoms with Crippen LogP contribution in [0.25, 0.3) is 5.57 Å². The van der Waals surface area contributed by atoms with Gasteiger partial charge in [-0.3, -0.25) is 4.79 Å². The van der Waals surface area contributed by atoms with Gasteiger partial charge in [0.25, 0.3) is 0 Å². The number of allylic oxidation sites excluding steroid dienone is 2. The summed E-state index contributed by atoms with van der Waals surface area (Å²) in [5.41, 5.74) is 5.84. The van der Waals surface area contributed by atoms with Crippen molar-refractivity contribution in [3.05, 3.63) is 52.9 Å². The van der Waals surface area contributed by atoms with Crippen LogP contribution < -0.4 is 4.90 Å². The molecular weight excluding hydrogens is 377 g/mol. The van der Waals surface area contributed by atoms with E-state index in [2.05, 4.69) is 19.9 Å². The molecule has 2 fully saturated rings. The van der Waals surface area contributed by atoms with Gasteiger partial charge in [-0.1, -0.05) is 30.2 Å². The second-order valence-corrected chi connectivity index (χ2v) is 10.2. The molecular formula is C26H33FNO2+. The number of quaternary nitrogens is 1. The van der Waals surface area contributed by atoms with E-state index in [0.717, 1.165) is 44.5 Å². The second kappa shape index (κ2) is 7.64. The highest BCUT2D eigenvalue weighted by atomic mass is 19.1. The van der Waals surface area contributed by atoms with Gasteiger partial charge in [0.2, 0.25) is 0 Å². The summed E-state index contributed by atoms with van der Waals surface area (Å²) in [6.45, 7) is 7.50. The Morgan fingerprint density at radius 1 is 1.23 bits per heavy atom. The van der Waals surface area contributed by atoms with E-state index in [1.54, 1.807) is 11.1 Å². The Morgan fingerprint density at radius 3 is 2.77 bits per heavy atom. The minimum atomic E-state index is -0.191. The van der Waals surface area contributed by atoms with Crippen LogP contribution in [0.15, 0.2) is 41.5 Å². The number of hydrogen-bond donors (Lipinski definition) is 1. The van der Waals surface area contributed by atoms with Crippen LogP contribution in [0.3, 0.4) is 0 Å². The number of ether oxygens (including phenoxy) is 1. The number of halogens is 1. The lowest BCUT2D eigenvalue weighted by Gasteiger charge is -2.45. The Bertz CT molecular complexity index is 902. The molecule has 160 valence electrons. The molecule has 0 bridgehead atoms. The van der Waals surface area contributed by atoms with Gasteiger partial charge in [-0.2, -0.15) is 0 Å². The summed E-state index contributed by atoms with van der Waals surface area (Å²) in [4.78, 5) is 14.3. The third-order valence-electron chi connectivity index (χ3n) is 8.29. The molecule has 5 atom stereocenters. The zero-order valence-corrected chi connectivity index (χ0v) is 18.2. The fourth-order valence-corrected chi connectivity index (χ4v) is 6.55. The molecule has 1 saturated heterocycles. The van der Waals surface area contributed by atoms with Crippen molar-refractivity contribution in [2.75, 3.05) is 19.6 Å². The molecule has 4 aliphatic rings. The van der Waals surface area contributed by atoms with Gasteiger partial charge in [-0.15, -0.1) is 0 Å². The first-order valence-corrected chi connectivity index (χ1v) is 11.6. The predicted molar refractivity (Wildman–Crippen MR) is 115 cm³/mol. The highest BCUT2D eigenvalue weighted by Crippen LogP contribution is 2.54. The van der Waals surface area contributed by atoms with Gasteiger partial charge in [0.1, 0.15) is 17.8 Å². The molecule has 1 aromatic carbocycles. The number of fused-ring (bicyclic) bond motifs is 2. The van der Waals surface area contributed by atoms with E-state index in [1.165, 1.54) is 41.9 Å². The van der Waals surface area contributed by atoms with Gasteiger partial charge in [0.15, 0.2) is 0 Å². The highest BCUT2D eigenvalue weighted by molar-refractivity contribution is 5.75. The molecule has 1 saturated carbocycles. The van der Waals surface area contributed by atoms with E-state index in [9.17, 15) is 9.18 Å². The van der Waals surface area contributed by atoms with Crippen molar-refractivity contribution >= 4 is 11.5 Å². The van der Waals surface area contributed by atoms with Crippen LogP contribution in [0.5, 0.6) is 0 Å². The molecule has 2 aliphatic carbocycles. The van der Waals surface area contributed by atoms with Gasteiger partial charge >= 0.3 is 5.97 Å². The first kappa shape index (κ1) is 20.0. The van der Waals surface area contributed by atoms with Crippen molar-refractivity contribution in [2.24, 2.45) is 17.3 Å². The van der Waals surface area contributed by atoms with E-state index < -0.39 is 0 Å². The minimum Gasteiger partial charge on any atom is -0.462 e. The topological polar surface area (TPSA) is 30.7 Å². The van der Waals surface area contributed by atoms with Gasteiger partial charge in [0, 0.05) is 12.3 Å². The normalized spacial score (nSPS) is 36.1. The number of carbonyl (C=O) groups is 1. The van der Waals surface area contributed by atoms with Crippen molar-refractivity contribution in [3.8, 4) is 0 Å². The zero-order valence-electron chi connectivity index (χ0n) is 18.2. The van der Waals surface area contributed by atoms with E-state index in [-0.39, 0.29) is 29.2 Å². The van der Waals surface area contributed by atoms with E-state index in [1.807, 2.05) is 12.1 Å². The van der Waals surface area contributed by atoms with Crippen LogP contribution in [0, 0.1) is 23.1 Å². The molecule has 0 aromatic heterocycles. The van der Waals surface area contributed by atoms with Gasteiger partial charge < -0.3 is 9.64 Å². The van der Waals surface area contributed by atoms with Crippen molar-refractivity contribution in [1.82, 2.24) is 0 Å². The summed E-state index contributed by atoms with van der Waals surface area (Å²) in [7, 11) is 0. The maximum atomic E-state index is 13.2. The maximum Gasteiger partial charge on any atom is 0.315 e. The quantitative estimate of drug-likeness (QED) is 0.604. The molecule has 0 spiro atoms. The standard InChI is InChI=1S/C26H32FNO2/c1-17-4-3-11-26(2)15-24-21(14-23(17)26)22(25(29)30-24)16-28-12-9-19(10-13-28)18-5-7-20(27)8-6-18/h5-9,21-22,24H,3-4,10-16H2,1-2H3/p+1/t21-,22+,24-,26+/m1/s1. The molecule has 1 aromatic rings. The number of rotatable bonds is 3. The maximum absolute atomic E-state index is 13.2. The Kier molecular flexibility index (Phi) is 5.09. The van der Waals surface area contributed by atoms with Crippen molar-refractivity contribution in [1.29, 1.82) is 0 Å². The number of hydrogen-bond acceptors (Lipinski definition) is 2. The van der Waals surface area contributed by atoms with Crippen LogP contribution >= 0.6 is 0 Å². The van der Waals surface area contributed by atoms with Crippen molar-refractivity contribution < 1.29 is 18.8 Å². The van der Waals surface area contributed by atoms with Gasteiger partial charge in [-0.05, 0) is 73.8 Å². The largest absolute Gasteiger partial charge is 0.462 e. The van der Waals surface area contributed by atoms with Gasteiger partial charge in [0.05, 0.1) is 19.6 Å². The molecule has 1 unspecified atom stereocenters. The Labute approximate surface area is 179 Å². The monoisotopic (exact) mass is 410 g/mol. The van der Waals surface area contributed by atoms with Crippen molar-refractivity contribution in [2.45, 2.75) is 58.5 Å². The number of carbonyl (C=O) groups excluding carboxylic acids is 1. The third kappa shape index (κ3) is 3.53. The lowest BCUT2D eigenvalue weighted by molar-refractivity contribution is -0.897. The molecule has 5 rings (SSSR count). The van der Waals surface area contributed by atoms with Crippen LogP contribution in [0.1, 0.15) is 57.9 Å². The molecule has 0 radical (unpaired) electrons. The summed E-state index contributed by atoms with van der Waals surface area (Å²) in [6.07, 6.45) is 9.13. The van der Waals surface area contributed by atoms with Crippen molar-refractivity contribution in [3.63, 3.8) is 0 Å². The first-order valence-electron chi connectivity index (χ1n) is 11.6. The average Bonchev–Trinajstić information content (AvgIpc) is 3.01. The molecule has 3 nitrogen and oxygen atoms in total. The van der Waals surface area contributed by atoms with E-state index in [4.69, 9.17) is 4.74 Å². The first-order chi connectivity index (χ1) is 14.4. The smallest absolute Gasteiger partial charge is 0.315 e. The highest BCUT2D eigenvalue weighted by Gasteiger charge is 2.54. The minimum absolute atomic E-state index is 0.0255. The number of esters is 1. The SMILES string of the molecule is CC1=C2C[C@@H]3[C@H](C[NH+]4CC=C(c5ccc(F)cc5)CC4)C(=O)O[C@@H]3C[C@]2(C)CCC1. The lowest BCUT2D eigenvalue weighted by Crippen LogP contribution is -3.13. The van der Waals surface area contributed by atoms with Crippen LogP contribution in [-0.2, 0) is 9.53 Å². The fourth-order valence-electron chi connectivity index (χ4n) is 6.55. The molecule has 30 heavy (non-hydrogen) atoms. The summed E-state index contributed by atoms with van der Waals surface area (Å²) in [6, 6.07) is 6.79. The Hall–Kier alpha value is -1.94. The van der Waals surface area contributed by atoms with E-state index in [0.29, 0.717) is 5.92 Å². The number of nitrogens with one attached hydrogen (secondary N) is 1. The molecule has 1 N–H and O–H groups in total. The zero-order chi connectivity index (χ0) is 20.9. The Balaban J connectivity index is 1.28. The van der Waals surface area contributed by atoms with Crippen LogP contribution in [-0.4, -0.2) is 31.7 Å². The summed E-state index contributed by atoms with van der Waals surface area (Å²) < 4.78 is 19.1. The molecule has 0 amide bonds. The summed E-state index contributed by atoms with van der Waals surface area (Å²) in [5, 5.41) is 0. The average molecular weight is 411 g/mol. The third-order valence-corrected chi connectivity index (χ3v) is 8.29. The predicted octanol–water partition coefficient (Wildman–Crippen LogP) is 3.96. The van der Waals surface area contributed by atoms with Gasteiger partial charge in [-0.25, -0.2) is 4.39 Å². The molecule has 4 heteroatoms. The summed E-state index contributed by atoms with van der Waals surface area (Å²) in [5.74, 6) is 0.219. The van der Waals surface area contributed by atoms with Crippen LogP contribution in [0.2, 0.25) is 0 Å². The molecule has 2 heterocycles. The van der Waals surface area contributed by atoms with E-state index >= 15 is 0 Å². The number of benzene rings is 1. The molecule has 2 aliphatic heterocycles. The second-order valence-electron chi connectivity index (χ2n) is 10.2. The Morgan fingerprint density at radius 2 is 2.03 bits per heavy atom. The van der Waals surface area contributed by atoms with Crippen LogP contribution in [0.4, 0.5) is 4.39 Å². The fraction of sp³-hybridized carbons (Fsp3) is 0.577.